The van der Waals surface area contributed by atoms with Gasteiger partial charge in [-0.3, -0.25) is 0 Å². The number of nitrogens with two attached hydrogens (primary N) is 1. The molecule has 1 aromatic rings. The van der Waals surface area contributed by atoms with Gasteiger partial charge in [-0.1, -0.05) is 13.8 Å². The molecule has 1 aromatic heterocycles. The van der Waals surface area contributed by atoms with Gasteiger partial charge in [0.05, 0.1) is 19.0 Å². The smallest absolute Gasteiger partial charge is 0.341 e. The number of nitrogens with zero attached hydrogens (tertiary/aromatic N) is 2. The molecule has 5 nitrogen and oxygen atoms in total. The Morgan fingerprint density at radius 1 is 1.50 bits per heavy atom. The second-order valence-corrected chi connectivity index (χ2v) is 7.28. The first kappa shape index (κ1) is 15.0. The number of methoxy groups -OCH3 is 1. The fourth-order valence-corrected chi connectivity index (χ4v) is 3.32. The molecule has 0 atom stereocenters. The molecule has 2 N–H and O–H groups in total. The van der Waals surface area contributed by atoms with Crippen LogP contribution >= 0.6 is 11.8 Å². The predicted octanol–water partition coefficient (Wildman–Crippen LogP) is 2.17. The lowest BCUT2D eigenvalue weighted by Crippen LogP contribution is -2.29. The van der Waals surface area contributed by atoms with Crippen LogP contribution in [0.2, 0.25) is 0 Å². The Morgan fingerprint density at radius 2 is 2.25 bits per heavy atom. The number of nitrogen functional groups attached to an aromatic ring is 1. The van der Waals surface area contributed by atoms with E-state index in [4.69, 9.17) is 10.5 Å². The van der Waals surface area contributed by atoms with Crippen LogP contribution in [0.3, 0.4) is 0 Å². The van der Waals surface area contributed by atoms with Crippen molar-refractivity contribution in [2.45, 2.75) is 25.0 Å². The van der Waals surface area contributed by atoms with E-state index in [1.54, 1.807) is 12.3 Å². The first-order valence-corrected chi connectivity index (χ1v) is 7.64. The highest BCUT2D eigenvalue weighted by Gasteiger charge is 2.26. The Hall–Kier alpha value is -1.43. The minimum Gasteiger partial charge on any atom is -0.465 e. The summed E-state index contributed by atoms with van der Waals surface area (Å²) >= 11 is 1.95. The predicted molar refractivity (Wildman–Crippen MR) is 83.4 cm³/mol. The lowest BCUT2D eigenvalue weighted by atomic mass is 10.1. The number of hydrogen-bond acceptors (Lipinski definition) is 6. The maximum Gasteiger partial charge on any atom is 0.341 e. The van der Waals surface area contributed by atoms with Crippen molar-refractivity contribution >= 4 is 29.2 Å². The van der Waals surface area contributed by atoms with Crippen LogP contribution in [0.1, 0.15) is 30.6 Å². The number of anilines is 2. The molecule has 0 amide bonds. The van der Waals surface area contributed by atoms with E-state index >= 15 is 0 Å². The summed E-state index contributed by atoms with van der Waals surface area (Å²) in [4.78, 5) is 18.4. The number of ether oxygens (including phenoxy) is 1. The summed E-state index contributed by atoms with van der Waals surface area (Å²) in [7, 11) is 1.37. The topological polar surface area (TPSA) is 68.5 Å². The highest BCUT2D eigenvalue weighted by Crippen LogP contribution is 2.33. The summed E-state index contributed by atoms with van der Waals surface area (Å²) in [6.07, 6.45) is 2.63. The number of rotatable bonds is 2. The monoisotopic (exact) mass is 295 g/mol. The molecule has 2 heterocycles. The number of carbonyl (C=O) groups is 1. The summed E-state index contributed by atoms with van der Waals surface area (Å²) in [6.45, 7) is 6.24. The standard InChI is InChI=1S/C14H21N3O2S/c1-14(2)4-5-17(6-7-20-14)12-11(13(18)19-3)8-10(15)9-16-12/h8-9H,4-7,15H2,1-3H3. The van der Waals surface area contributed by atoms with Crippen LogP contribution in [0.15, 0.2) is 12.3 Å². The molecule has 1 aliphatic heterocycles. The highest BCUT2D eigenvalue weighted by atomic mass is 32.2. The zero-order valence-corrected chi connectivity index (χ0v) is 13.0. The van der Waals surface area contributed by atoms with Crippen LogP contribution in [-0.2, 0) is 4.74 Å². The van der Waals surface area contributed by atoms with Gasteiger partial charge in [0, 0.05) is 23.6 Å². The molecule has 0 radical (unpaired) electrons. The molecule has 110 valence electrons. The number of hydrogen-bond donors (Lipinski definition) is 1. The average molecular weight is 295 g/mol. The van der Waals surface area contributed by atoms with Gasteiger partial charge in [0.1, 0.15) is 11.4 Å². The second kappa shape index (κ2) is 5.91. The third-order valence-electron chi connectivity index (χ3n) is 3.43. The van der Waals surface area contributed by atoms with Crippen LogP contribution in [0.25, 0.3) is 0 Å². The molecule has 1 fully saturated rings. The molecule has 1 aliphatic rings. The maximum absolute atomic E-state index is 11.9. The van der Waals surface area contributed by atoms with E-state index in [0.29, 0.717) is 17.1 Å². The zero-order chi connectivity index (χ0) is 14.8. The molecule has 0 unspecified atom stereocenters. The van der Waals surface area contributed by atoms with Crippen LogP contribution in [-0.4, -0.2) is 41.7 Å². The molecule has 2 rings (SSSR count). The fourth-order valence-electron chi connectivity index (χ4n) is 2.22. The molecule has 0 spiro atoms. The van der Waals surface area contributed by atoms with Crippen molar-refractivity contribution in [3.63, 3.8) is 0 Å². The number of aromatic nitrogens is 1. The Morgan fingerprint density at radius 3 is 2.95 bits per heavy atom. The van der Waals surface area contributed by atoms with Crippen LogP contribution < -0.4 is 10.6 Å². The van der Waals surface area contributed by atoms with Crippen molar-refractivity contribution < 1.29 is 9.53 Å². The van der Waals surface area contributed by atoms with Gasteiger partial charge in [-0.05, 0) is 12.5 Å². The van der Waals surface area contributed by atoms with E-state index in [2.05, 4.69) is 23.7 Å². The highest BCUT2D eigenvalue weighted by molar-refractivity contribution is 8.00. The molecule has 0 aromatic carbocycles. The van der Waals surface area contributed by atoms with Crippen LogP contribution in [0.4, 0.5) is 11.5 Å². The van der Waals surface area contributed by atoms with Gasteiger partial charge in [0.25, 0.3) is 0 Å². The van der Waals surface area contributed by atoms with Crippen LogP contribution in [0, 0.1) is 0 Å². The molecule has 0 bridgehead atoms. The van der Waals surface area contributed by atoms with Gasteiger partial charge in [-0.25, -0.2) is 9.78 Å². The van der Waals surface area contributed by atoms with Gasteiger partial charge in [0.2, 0.25) is 0 Å². The van der Waals surface area contributed by atoms with E-state index in [0.717, 1.165) is 25.3 Å². The quantitative estimate of drug-likeness (QED) is 0.843. The molecular formula is C14H21N3O2S. The number of pyridine rings is 1. The largest absolute Gasteiger partial charge is 0.465 e. The molecule has 6 heteroatoms. The fraction of sp³-hybridized carbons (Fsp3) is 0.571. The second-order valence-electron chi connectivity index (χ2n) is 5.48. The van der Waals surface area contributed by atoms with Crippen molar-refractivity contribution in [2.24, 2.45) is 0 Å². The molecular weight excluding hydrogens is 274 g/mol. The van der Waals surface area contributed by atoms with Gasteiger partial charge < -0.3 is 15.4 Å². The Balaban J connectivity index is 2.30. The number of carbonyl (C=O) groups excluding carboxylic acids is 1. The molecule has 20 heavy (non-hydrogen) atoms. The van der Waals surface area contributed by atoms with Crippen molar-refractivity contribution in [1.82, 2.24) is 4.98 Å². The third-order valence-corrected chi connectivity index (χ3v) is 4.80. The van der Waals surface area contributed by atoms with Crippen LogP contribution in [0.5, 0.6) is 0 Å². The summed E-state index contributed by atoms with van der Waals surface area (Å²) in [6, 6.07) is 1.64. The number of thioether (sulfide) groups is 1. The Labute approximate surface area is 123 Å². The van der Waals surface area contributed by atoms with Gasteiger partial charge in [0.15, 0.2) is 0 Å². The van der Waals surface area contributed by atoms with Gasteiger partial charge in [-0.2, -0.15) is 11.8 Å². The lowest BCUT2D eigenvalue weighted by molar-refractivity contribution is 0.0601. The minimum atomic E-state index is -0.393. The van der Waals surface area contributed by atoms with E-state index in [1.165, 1.54) is 7.11 Å². The van der Waals surface area contributed by atoms with Crippen molar-refractivity contribution in [1.29, 1.82) is 0 Å². The first-order chi connectivity index (χ1) is 9.43. The SMILES string of the molecule is COC(=O)c1cc(N)cnc1N1CCSC(C)(C)CC1. The summed E-state index contributed by atoms with van der Waals surface area (Å²) in [5.41, 5.74) is 6.64. The van der Waals surface area contributed by atoms with Gasteiger partial charge in [-0.15, -0.1) is 0 Å². The third kappa shape index (κ3) is 3.36. The van der Waals surface area contributed by atoms with Crippen molar-refractivity contribution in [3.8, 4) is 0 Å². The number of esters is 1. The normalized spacial score (nSPS) is 18.4. The van der Waals surface area contributed by atoms with Crippen molar-refractivity contribution in [2.75, 3.05) is 36.6 Å². The lowest BCUT2D eigenvalue weighted by Gasteiger charge is -2.24. The molecule has 1 saturated heterocycles. The summed E-state index contributed by atoms with van der Waals surface area (Å²) in [5, 5.41) is 0. The van der Waals surface area contributed by atoms with E-state index < -0.39 is 5.97 Å². The van der Waals surface area contributed by atoms with E-state index in [-0.39, 0.29) is 4.75 Å². The van der Waals surface area contributed by atoms with Crippen molar-refractivity contribution in [3.05, 3.63) is 17.8 Å². The Bertz CT molecular complexity index is 505. The molecule has 0 saturated carbocycles. The average Bonchev–Trinajstić information content (AvgIpc) is 2.59. The minimum absolute atomic E-state index is 0.258. The summed E-state index contributed by atoms with van der Waals surface area (Å²) < 4.78 is 5.09. The first-order valence-electron chi connectivity index (χ1n) is 6.66. The Kier molecular flexibility index (Phi) is 4.42. The summed E-state index contributed by atoms with van der Waals surface area (Å²) in [5.74, 6) is 1.29. The zero-order valence-electron chi connectivity index (χ0n) is 12.2. The van der Waals surface area contributed by atoms with E-state index in [9.17, 15) is 4.79 Å². The molecule has 0 aliphatic carbocycles. The van der Waals surface area contributed by atoms with E-state index in [1.807, 2.05) is 11.8 Å². The maximum atomic E-state index is 11.9. The van der Waals surface area contributed by atoms with Gasteiger partial charge >= 0.3 is 5.97 Å².